The van der Waals surface area contributed by atoms with E-state index in [1.165, 1.54) is 11.8 Å². The lowest BCUT2D eigenvalue weighted by atomic mass is 10.1. The molecule has 1 N–H and O–H groups in total. The zero-order chi connectivity index (χ0) is 19.6. The summed E-state index contributed by atoms with van der Waals surface area (Å²) in [5.41, 5.74) is 2.91. The predicted octanol–water partition coefficient (Wildman–Crippen LogP) is 1.26. The molecule has 9 heteroatoms. The van der Waals surface area contributed by atoms with Crippen molar-refractivity contribution < 1.29 is 8.42 Å². The standard InChI is InChI=1S/C19H24N6O2S/c1-28(26,27)14-18-22-16-4-3-15(13-17(16)23-18)5-8-24-9-11-25(12-10-24)19-20-6-2-7-21-19/h2-4,6-7,13H,5,8-12,14H2,1H3,(H,22,23). The second kappa shape index (κ2) is 7.84. The number of nitrogens with zero attached hydrogens (tertiary/aromatic N) is 5. The molecule has 2 aromatic heterocycles. The van der Waals surface area contributed by atoms with Crippen LogP contribution in [0.5, 0.6) is 0 Å². The summed E-state index contributed by atoms with van der Waals surface area (Å²) in [5.74, 6) is 1.23. The Balaban J connectivity index is 1.33. The maximum Gasteiger partial charge on any atom is 0.225 e. The van der Waals surface area contributed by atoms with E-state index in [9.17, 15) is 8.42 Å². The molecule has 0 saturated carbocycles. The number of piperazine rings is 1. The summed E-state index contributed by atoms with van der Waals surface area (Å²) in [5, 5.41) is 0. The summed E-state index contributed by atoms with van der Waals surface area (Å²) in [6.45, 7) is 4.82. The van der Waals surface area contributed by atoms with Gasteiger partial charge >= 0.3 is 0 Å². The summed E-state index contributed by atoms with van der Waals surface area (Å²) in [6, 6.07) is 7.93. The van der Waals surface area contributed by atoms with Gasteiger partial charge in [-0.15, -0.1) is 0 Å². The topological polar surface area (TPSA) is 95.1 Å². The highest BCUT2D eigenvalue weighted by Gasteiger charge is 2.18. The van der Waals surface area contributed by atoms with E-state index in [0.29, 0.717) is 5.82 Å². The molecule has 28 heavy (non-hydrogen) atoms. The lowest BCUT2D eigenvalue weighted by molar-refractivity contribution is 0.260. The van der Waals surface area contributed by atoms with Crippen LogP contribution in [0.2, 0.25) is 0 Å². The molecular weight excluding hydrogens is 376 g/mol. The van der Waals surface area contributed by atoms with E-state index >= 15 is 0 Å². The van der Waals surface area contributed by atoms with Crippen LogP contribution in [0.1, 0.15) is 11.4 Å². The number of aromatic nitrogens is 4. The van der Waals surface area contributed by atoms with Crippen LogP contribution < -0.4 is 4.90 Å². The smallest absolute Gasteiger partial charge is 0.225 e. The Hall–Kier alpha value is -2.52. The Morgan fingerprint density at radius 2 is 1.86 bits per heavy atom. The van der Waals surface area contributed by atoms with Gasteiger partial charge in [0.05, 0.1) is 11.0 Å². The third-order valence-corrected chi connectivity index (χ3v) is 5.72. The highest BCUT2D eigenvalue weighted by atomic mass is 32.2. The van der Waals surface area contributed by atoms with Gasteiger partial charge in [0.25, 0.3) is 0 Å². The van der Waals surface area contributed by atoms with Crippen LogP contribution in [0.4, 0.5) is 5.95 Å². The van der Waals surface area contributed by atoms with Gasteiger partial charge in [0, 0.05) is 51.4 Å². The molecule has 0 aliphatic carbocycles. The average Bonchev–Trinajstić information content (AvgIpc) is 3.07. The molecule has 1 fully saturated rings. The number of aromatic amines is 1. The number of fused-ring (bicyclic) bond motifs is 1. The SMILES string of the molecule is CS(=O)(=O)Cc1nc2ccc(CCN3CCN(c4ncccn4)CC3)cc2[nH]1. The number of benzene rings is 1. The van der Waals surface area contributed by atoms with Gasteiger partial charge in [0.1, 0.15) is 11.6 Å². The number of anilines is 1. The molecule has 4 rings (SSSR count). The fourth-order valence-corrected chi connectivity index (χ4v) is 4.13. The molecule has 3 aromatic rings. The van der Waals surface area contributed by atoms with E-state index in [0.717, 1.165) is 56.1 Å². The largest absolute Gasteiger partial charge is 0.341 e. The van der Waals surface area contributed by atoms with Crippen molar-refractivity contribution in [2.45, 2.75) is 12.2 Å². The third kappa shape index (κ3) is 4.66. The number of sulfone groups is 1. The Morgan fingerprint density at radius 1 is 1.11 bits per heavy atom. The number of hydrogen-bond acceptors (Lipinski definition) is 7. The number of H-pyrrole nitrogens is 1. The van der Waals surface area contributed by atoms with Crippen LogP contribution in [-0.4, -0.2) is 72.2 Å². The first-order chi connectivity index (χ1) is 13.5. The summed E-state index contributed by atoms with van der Waals surface area (Å²) in [4.78, 5) is 20.8. The van der Waals surface area contributed by atoms with E-state index in [-0.39, 0.29) is 5.75 Å². The molecule has 8 nitrogen and oxygen atoms in total. The van der Waals surface area contributed by atoms with Gasteiger partial charge in [0.2, 0.25) is 5.95 Å². The van der Waals surface area contributed by atoms with E-state index < -0.39 is 9.84 Å². The molecule has 1 aromatic carbocycles. The van der Waals surface area contributed by atoms with Gasteiger partial charge in [-0.05, 0) is 30.2 Å². The van der Waals surface area contributed by atoms with Crippen molar-refractivity contribution in [2.75, 3.05) is 43.9 Å². The molecule has 1 saturated heterocycles. The fraction of sp³-hybridized carbons (Fsp3) is 0.421. The van der Waals surface area contributed by atoms with Crippen molar-refractivity contribution in [2.24, 2.45) is 0 Å². The van der Waals surface area contributed by atoms with E-state index in [1.807, 2.05) is 12.1 Å². The predicted molar refractivity (Wildman–Crippen MR) is 109 cm³/mol. The Labute approximate surface area is 164 Å². The highest BCUT2D eigenvalue weighted by molar-refractivity contribution is 7.89. The van der Waals surface area contributed by atoms with Crippen LogP contribution in [0.25, 0.3) is 11.0 Å². The van der Waals surface area contributed by atoms with Gasteiger partial charge in [-0.3, -0.25) is 4.90 Å². The van der Waals surface area contributed by atoms with Crippen molar-refractivity contribution >= 4 is 26.8 Å². The third-order valence-electron chi connectivity index (χ3n) is 4.92. The van der Waals surface area contributed by atoms with Gasteiger partial charge in [-0.2, -0.15) is 0 Å². The number of rotatable bonds is 6. The monoisotopic (exact) mass is 400 g/mol. The normalized spacial score (nSPS) is 16.0. The minimum absolute atomic E-state index is 0.0631. The number of hydrogen-bond donors (Lipinski definition) is 1. The van der Waals surface area contributed by atoms with E-state index in [1.54, 1.807) is 12.4 Å². The van der Waals surface area contributed by atoms with Crippen LogP contribution >= 0.6 is 0 Å². The molecule has 0 unspecified atom stereocenters. The summed E-state index contributed by atoms with van der Waals surface area (Å²) < 4.78 is 22.9. The Morgan fingerprint density at radius 3 is 2.57 bits per heavy atom. The second-order valence-electron chi connectivity index (χ2n) is 7.23. The molecule has 0 atom stereocenters. The number of nitrogens with one attached hydrogen (secondary N) is 1. The van der Waals surface area contributed by atoms with Crippen LogP contribution in [0.15, 0.2) is 36.7 Å². The van der Waals surface area contributed by atoms with Gasteiger partial charge in [-0.1, -0.05) is 6.07 Å². The molecule has 1 aliphatic rings. The Bertz CT molecular complexity index is 1040. The summed E-state index contributed by atoms with van der Waals surface area (Å²) in [7, 11) is -3.10. The molecule has 3 heterocycles. The van der Waals surface area contributed by atoms with Crippen molar-refractivity contribution in [3.8, 4) is 0 Å². The van der Waals surface area contributed by atoms with Gasteiger partial charge < -0.3 is 9.88 Å². The first kappa shape index (κ1) is 18.8. The fourth-order valence-electron chi connectivity index (χ4n) is 3.50. The van der Waals surface area contributed by atoms with Crippen molar-refractivity contribution in [1.29, 1.82) is 0 Å². The Kier molecular flexibility index (Phi) is 5.27. The molecular formula is C19H24N6O2S. The van der Waals surface area contributed by atoms with Gasteiger partial charge in [0.15, 0.2) is 9.84 Å². The maximum absolute atomic E-state index is 11.5. The van der Waals surface area contributed by atoms with Crippen LogP contribution in [0.3, 0.4) is 0 Å². The maximum atomic E-state index is 11.5. The first-order valence-corrected chi connectivity index (χ1v) is 11.4. The van der Waals surface area contributed by atoms with Crippen molar-refractivity contribution in [3.63, 3.8) is 0 Å². The molecule has 0 spiro atoms. The number of imidazole rings is 1. The quantitative estimate of drug-likeness (QED) is 0.666. The van der Waals surface area contributed by atoms with Gasteiger partial charge in [-0.25, -0.2) is 23.4 Å². The van der Waals surface area contributed by atoms with E-state index in [4.69, 9.17) is 0 Å². The lowest BCUT2D eigenvalue weighted by Gasteiger charge is -2.34. The molecule has 148 valence electrons. The summed E-state index contributed by atoms with van der Waals surface area (Å²) >= 11 is 0. The second-order valence-corrected chi connectivity index (χ2v) is 9.37. The highest BCUT2D eigenvalue weighted by Crippen LogP contribution is 2.16. The van der Waals surface area contributed by atoms with Crippen molar-refractivity contribution in [1.82, 2.24) is 24.8 Å². The van der Waals surface area contributed by atoms with E-state index in [2.05, 4.69) is 41.9 Å². The molecule has 0 amide bonds. The molecule has 0 radical (unpaired) electrons. The van der Waals surface area contributed by atoms with Crippen LogP contribution in [-0.2, 0) is 22.0 Å². The molecule has 1 aliphatic heterocycles. The summed E-state index contributed by atoms with van der Waals surface area (Å²) in [6.07, 6.45) is 5.72. The minimum atomic E-state index is -3.10. The molecule has 0 bridgehead atoms. The van der Waals surface area contributed by atoms with Crippen molar-refractivity contribution in [3.05, 3.63) is 48.0 Å². The zero-order valence-electron chi connectivity index (χ0n) is 15.9. The lowest BCUT2D eigenvalue weighted by Crippen LogP contribution is -2.47. The first-order valence-electron chi connectivity index (χ1n) is 9.36. The van der Waals surface area contributed by atoms with Crippen LogP contribution in [0, 0.1) is 0 Å². The zero-order valence-corrected chi connectivity index (χ0v) is 16.7. The minimum Gasteiger partial charge on any atom is -0.341 e. The average molecular weight is 401 g/mol.